The number of pyridine rings is 1. The fourth-order valence-electron chi connectivity index (χ4n) is 3.39. The van der Waals surface area contributed by atoms with Crippen LogP contribution >= 0.6 is 24.0 Å². The normalized spacial score (nSPS) is 14.1. The van der Waals surface area contributed by atoms with Gasteiger partial charge in [-0.3, -0.25) is 4.99 Å². The molecular weight excluding hydrogens is 493 g/mol. The Hall–Kier alpha value is -2.07. The van der Waals surface area contributed by atoms with Crippen molar-refractivity contribution in [1.29, 1.82) is 0 Å². The largest absolute Gasteiger partial charge is 0.494 e. The van der Waals surface area contributed by atoms with Crippen molar-refractivity contribution in [3.63, 3.8) is 0 Å². The van der Waals surface area contributed by atoms with Gasteiger partial charge in [-0.15, -0.1) is 24.0 Å². The lowest BCUT2D eigenvalue weighted by Crippen LogP contribution is -2.40. The highest BCUT2D eigenvalue weighted by atomic mass is 127. The van der Waals surface area contributed by atoms with Gasteiger partial charge in [-0.05, 0) is 30.7 Å². The molecule has 1 N–H and O–H groups in total. The Morgan fingerprint density at radius 1 is 1.23 bits per heavy atom. The zero-order valence-electron chi connectivity index (χ0n) is 18.0. The Morgan fingerprint density at radius 2 is 1.97 bits per heavy atom. The van der Waals surface area contributed by atoms with E-state index in [1.165, 1.54) is 5.56 Å². The Morgan fingerprint density at radius 3 is 2.63 bits per heavy atom. The molecule has 1 aliphatic heterocycles. The Kier molecular flexibility index (Phi) is 10.2. The van der Waals surface area contributed by atoms with Crippen molar-refractivity contribution in [2.45, 2.75) is 20.0 Å². The molecule has 2 heterocycles. The lowest BCUT2D eigenvalue weighted by atomic mass is 10.2. The summed E-state index contributed by atoms with van der Waals surface area (Å²) < 4.78 is 11.0. The summed E-state index contributed by atoms with van der Waals surface area (Å²) in [5, 5.41) is 3.47. The molecule has 1 fully saturated rings. The highest BCUT2D eigenvalue weighted by Crippen LogP contribution is 2.18. The molecule has 30 heavy (non-hydrogen) atoms. The molecule has 1 aromatic carbocycles. The van der Waals surface area contributed by atoms with Crippen LogP contribution in [0.3, 0.4) is 0 Å². The molecular formula is C22H32IN5O2. The van der Waals surface area contributed by atoms with Gasteiger partial charge in [0.15, 0.2) is 5.96 Å². The Labute approximate surface area is 196 Å². The summed E-state index contributed by atoms with van der Waals surface area (Å²) >= 11 is 0. The summed E-state index contributed by atoms with van der Waals surface area (Å²) in [7, 11) is 3.85. The van der Waals surface area contributed by atoms with E-state index in [1.54, 1.807) is 0 Å². The maximum atomic E-state index is 5.52. The van der Waals surface area contributed by atoms with Crippen molar-refractivity contribution in [1.82, 2.24) is 15.2 Å². The molecule has 8 heteroatoms. The SMILES string of the molecule is CCOc1ccc(CN(C)C(=NC)NCc2cccnc2N2CCOCC2)cc1.I. The van der Waals surface area contributed by atoms with E-state index in [2.05, 4.69) is 43.3 Å². The molecule has 0 unspecified atom stereocenters. The van der Waals surface area contributed by atoms with Crippen LogP contribution in [-0.2, 0) is 17.8 Å². The van der Waals surface area contributed by atoms with Crippen molar-refractivity contribution in [2.24, 2.45) is 4.99 Å². The number of nitrogens with one attached hydrogen (secondary N) is 1. The van der Waals surface area contributed by atoms with Gasteiger partial charge >= 0.3 is 0 Å². The van der Waals surface area contributed by atoms with Gasteiger partial charge in [0, 0.05) is 52.0 Å². The van der Waals surface area contributed by atoms with Gasteiger partial charge in [-0.25, -0.2) is 4.98 Å². The standard InChI is InChI=1S/C22H31N5O2.HI/c1-4-29-20-9-7-18(8-10-20)17-26(3)22(23-2)25-16-19-6-5-11-24-21(19)27-12-14-28-15-13-27;/h5-11H,4,12-17H2,1-3H3,(H,23,25);1H. The first kappa shape index (κ1) is 24.2. The maximum absolute atomic E-state index is 5.52. The molecule has 1 aromatic heterocycles. The Bertz CT molecular complexity index is 794. The summed E-state index contributed by atoms with van der Waals surface area (Å²) in [6, 6.07) is 12.3. The number of benzene rings is 1. The van der Waals surface area contributed by atoms with Crippen molar-refractivity contribution in [3.8, 4) is 5.75 Å². The van der Waals surface area contributed by atoms with Gasteiger partial charge in [-0.1, -0.05) is 18.2 Å². The lowest BCUT2D eigenvalue weighted by Gasteiger charge is -2.30. The molecule has 7 nitrogen and oxygen atoms in total. The number of ether oxygens (including phenoxy) is 2. The van der Waals surface area contributed by atoms with E-state index in [4.69, 9.17) is 9.47 Å². The van der Waals surface area contributed by atoms with Gasteiger partial charge in [0.25, 0.3) is 0 Å². The van der Waals surface area contributed by atoms with Crippen LogP contribution in [0.25, 0.3) is 0 Å². The summed E-state index contributed by atoms with van der Waals surface area (Å²) in [6.07, 6.45) is 1.85. The van der Waals surface area contributed by atoms with E-state index in [-0.39, 0.29) is 24.0 Å². The molecule has 3 rings (SSSR count). The second-order valence-corrected chi connectivity index (χ2v) is 6.92. The van der Waals surface area contributed by atoms with Crippen molar-refractivity contribution >= 4 is 35.8 Å². The van der Waals surface area contributed by atoms with Gasteiger partial charge in [0.1, 0.15) is 11.6 Å². The monoisotopic (exact) mass is 525 g/mol. The Balaban J connectivity index is 0.00000320. The third kappa shape index (κ3) is 6.73. The number of morpholine rings is 1. The second kappa shape index (κ2) is 12.6. The van der Waals surface area contributed by atoms with E-state index in [1.807, 2.05) is 45.4 Å². The van der Waals surface area contributed by atoms with Crippen LogP contribution in [0, 0.1) is 0 Å². The number of anilines is 1. The molecule has 0 amide bonds. The van der Waals surface area contributed by atoms with Gasteiger partial charge in [0.05, 0.1) is 19.8 Å². The predicted molar refractivity (Wildman–Crippen MR) is 132 cm³/mol. The third-order valence-corrected chi connectivity index (χ3v) is 4.84. The molecule has 2 aromatic rings. The minimum Gasteiger partial charge on any atom is -0.494 e. The zero-order valence-corrected chi connectivity index (χ0v) is 20.3. The molecule has 0 radical (unpaired) electrons. The van der Waals surface area contributed by atoms with E-state index in [0.29, 0.717) is 13.2 Å². The predicted octanol–water partition coefficient (Wildman–Crippen LogP) is 3.14. The number of nitrogens with zero attached hydrogens (tertiary/aromatic N) is 4. The average Bonchev–Trinajstić information content (AvgIpc) is 2.76. The highest BCUT2D eigenvalue weighted by molar-refractivity contribution is 14.0. The summed E-state index contributed by atoms with van der Waals surface area (Å²) in [5.74, 6) is 2.76. The van der Waals surface area contributed by atoms with E-state index in [0.717, 1.165) is 55.9 Å². The highest BCUT2D eigenvalue weighted by Gasteiger charge is 2.16. The maximum Gasteiger partial charge on any atom is 0.193 e. The minimum absolute atomic E-state index is 0. The van der Waals surface area contributed by atoms with E-state index >= 15 is 0 Å². The smallest absolute Gasteiger partial charge is 0.193 e. The number of aliphatic imine (C=N–C) groups is 1. The van der Waals surface area contributed by atoms with Gasteiger partial charge in [0.2, 0.25) is 0 Å². The molecule has 1 aliphatic rings. The quantitative estimate of drug-likeness (QED) is 0.341. The van der Waals surface area contributed by atoms with Gasteiger partial charge < -0.3 is 24.6 Å². The molecule has 0 aliphatic carbocycles. The van der Waals surface area contributed by atoms with Gasteiger partial charge in [-0.2, -0.15) is 0 Å². The van der Waals surface area contributed by atoms with Crippen LogP contribution in [0.5, 0.6) is 5.75 Å². The number of hydrogen-bond acceptors (Lipinski definition) is 5. The first-order valence-corrected chi connectivity index (χ1v) is 10.1. The first-order valence-electron chi connectivity index (χ1n) is 10.1. The zero-order chi connectivity index (χ0) is 20.5. The summed E-state index contributed by atoms with van der Waals surface area (Å²) in [6.45, 7) is 7.33. The number of halogens is 1. The third-order valence-electron chi connectivity index (χ3n) is 4.84. The van der Waals surface area contributed by atoms with Crippen LogP contribution < -0.4 is 15.0 Å². The van der Waals surface area contributed by atoms with E-state index in [9.17, 15) is 0 Å². The molecule has 0 spiro atoms. The minimum atomic E-state index is 0. The topological polar surface area (TPSA) is 62.2 Å². The molecule has 1 saturated heterocycles. The van der Waals surface area contributed by atoms with Crippen LogP contribution in [0.2, 0.25) is 0 Å². The van der Waals surface area contributed by atoms with Crippen molar-refractivity contribution in [3.05, 3.63) is 53.7 Å². The molecule has 0 bridgehead atoms. The number of hydrogen-bond donors (Lipinski definition) is 1. The number of rotatable bonds is 7. The first-order chi connectivity index (χ1) is 14.2. The molecule has 164 valence electrons. The number of aromatic nitrogens is 1. The van der Waals surface area contributed by atoms with Crippen LogP contribution in [0.1, 0.15) is 18.1 Å². The lowest BCUT2D eigenvalue weighted by molar-refractivity contribution is 0.122. The molecule has 0 atom stereocenters. The second-order valence-electron chi connectivity index (χ2n) is 6.92. The number of guanidine groups is 1. The van der Waals surface area contributed by atoms with Crippen LogP contribution in [-0.4, -0.2) is 62.8 Å². The van der Waals surface area contributed by atoms with Crippen molar-refractivity contribution in [2.75, 3.05) is 51.9 Å². The fourth-order valence-corrected chi connectivity index (χ4v) is 3.39. The van der Waals surface area contributed by atoms with Crippen LogP contribution in [0.4, 0.5) is 5.82 Å². The van der Waals surface area contributed by atoms with E-state index < -0.39 is 0 Å². The molecule has 0 saturated carbocycles. The summed E-state index contributed by atoms with van der Waals surface area (Å²) in [5.41, 5.74) is 2.36. The van der Waals surface area contributed by atoms with Crippen LogP contribution in [0.15, 0.2) is 47.6 Å². The fraction of sp³-hybridized carbons (Fsp3) is 0.455. The summed E-state index contributed by atoms with van der Waals surface area (Å²) in [4.78, 5) is 13.4. The average molecular weight is 525 g/mol. The van der Waals surface area contributed by atoms with Crippen molar-refractivity contribution < 1.29 is 9.47 Å².